The van der Waals surface area contributed by atoms with E-state index in [2.05, 4.69) is 9.72 Å². The monoisotopic (exact) mass is 412 g/mol. The van der Waals surface area contributed by atoms with Crippen LogP contribution in [0.1, 0.15) is 18.1 Å². The van der Waals surface area contributed by atoms with Crippen LogP contribution in [0.25, 0.3) is 10.9 Å². The number of fused-ring (bicyclic) bond motifs is 1. The molecule has 3 aromatic rings. The second kappa shape index (κ2) is 7.44. The molecule has 0 radical (unpaired) electrons. The molecule has 28 heavy (non-hydrogen) atoms. The van der Waals surface area contributed by atoms with Gasteiger partial charge in [0.05, 0.1) is 12.1 Å². The van der Waals surface area contributed by atoms with Gasteiger partial charge in [0.1, 0.15) is 0 Å². The molecule has 0 saturated carbocycles. The first-order valence-electron chi connectivity index (χ1n) is 8.34. The standard InChI is InChI=1S/C19H16ClF3N2O3/c1-2-28-17(26)18(27,19(21,22)23)14-11-25(10-12-6-4-3-5-7-12)15-13(14)8-9-24-16(15)20/h3-9,11,27H,2,10H2,1H3. The molecule has 2 aromatic heterocycles. The fraction of sp³-hybridized carbons (Fsp3) is 0.263. The molecular formula is C19H16ClF3N2O3. The lowest BCUT2D eigenvalue weighted by molar-refractivity contribution is -0.267. The first kappa shape index (κ1) is 20.2. The summed E-state index contributed by atoms with van der Waals surface area (Å²) >= 11 is 6.14. The number of aromatic nitrogens is 2. The van der Waals surface area contributed by atoms with E-state index in [-0.39, 0.29) is 29.2 Å². The van der Waals surface area contributed by atoms with E-state index in [4.69, 9.17) is 11.6 Å². The number of pyridine rings is 1. The van der Waals surface area contributed by atoms with Crippen molar-refractivity contribution in [1.82, 2.24) is 9.55 Å². The quantitative estimate of drug-likeness (QED) is 0.507. The van der Waals surface area contributed by atoms with Gasteiger partial charge in [0.2, 0.25) is 0 Å². The molecular weight excluding hydrogens is 397 g/mol. The fourth-order valence-corrected chi connectivity index (χ4v) is 3.28. The molecule has 0 aliphatic rings. The number of benzene rings is 1. The number of halogens is 4. The lowest BCUT2D eigenvalue weighted by Crippen LogP contribution is -2.50. The lowest BCUT2D eigenvalue weighted by Gasteiger charge is -2.27. The number of alkyl halides is 3. The fourth-order valence-electron chi connectivity index (χ4n) is 3.02. The van der Waals surface area contributed by atoms with Crippen LogP contribution in [0.3, 0.4) is 0 Å². The van der Waals surface area contributed by atoms with Crippen LogP contribution in [-0.2, 0) is 21.7 Å². The van der Waals surface area contributed by atoms with Crippen LogP contribution in [0.15, 0.2) is 48.8 Å². The topological polar surface area (TPSA) is 64.3 Å². The molecule has 0 aliphatic heterocycles. The van der Waals surface area contributed by atoms with Crippen LogP contribution < -0.4 is 0 Å². The maximum Gasteiger partial charge on any atom is 0.432 e. The minimum Gasteiger partial charge on any atom is -0.463 e. The third-order valence-electron chi connectivity index (χ3n) is 4.31. The zero-order valence-corrected chi connectivity index (χ0v) is 15.5. The maximum atomic E-state index is 13.8. The number of hydrogen-bond acceptors (Lipinski definition) is 4. The Balaban J connectivity index is 2.26. The van der Waals surface area contributed by atoms with E-state index >= 15 is 0 Å². The largest absolute Gasteiger partial charge is 0.463 e. The van der Waals surface area contributed by atoms with E-state index in [0.717, 1.165) is 11.8 Å². The van der Waals surface area contributed by atoms with E-state index in [1.54, 1.807) is 30.3 Å². The molecule has 1 atom stereocenters. The third kappa shape index (κ3) is 3.33. The van der Waals surface area contributed by atoms with Crippen molar-refractivity contribution in [2.24, 2.45) is 0 Å². The highest BCUT2D eigenvalue weighted by Gasteiger charge is 2.63. The van der Waals surface area contributed by atoms with Crippen molar-refractivity contribution in [3.05, 3.63) is 65.1 Å². The van der Waals surface area contributed by atoms with Crippen molar-refractivity contribution in [2.75, 3.05) is 6.61 Å². The Hall–Kier alpha value is -2.58. The molecule has 3 rings (SSSR count). The summed E-state index contributed by atoms with van der Waals surface area (Å²) in [6.07, 6.45) is -3.03. The van der Waals surface area contributed by atoms with E-state index in [0.29, 0.717) is 0 Å². The normalized spacial score (nSPS) is 14.1. The highest BCUT2D eigenvalue weighted by molar-refractivity contribution is 6.34. The van der Waals surface area contributed by atoms with Crippen LogP contribution in [0.4, 0.5) is 13.2 Å². The SMILES string of the molecule is CCOC(=O)C(O)(c1cn(Cc2ccccc2)c2c(Cl)nccc12)C(F)(F)F. The number of ether oxygens (including phenoxy) is 1. The van der Waals surface area contributed by atoms with Gasteiger partial charge in [-0.1, -0.05) is 41.9 Å². The zero-order chi connectivity index (χ0) is 20.5. The Bertz CT molecular complexity index is 1000. The molecule has 1 N–H and O–H groups in total. The first-order valence-corrected chi connectivity index (χ1v) is 8.72. The zero-order valence-electron chi connectivity index (χ0n) is 14.7. The highest BCUT2D eigenvalue weighted by atomic mass is 35.5. The molecule has 148 valence electrons. The van der Waals surface area contributed by atoms with Crippen LogP contribution in [0.5, 0.6) is 0 Å². The van der Waals surface area contributed by atoms with Gasteiger partial charge in [0, 0.05) is 29.9 Å². The van der Waals surface area contributed by atoms with Crippen molar-refractivity contribution in [1.29, 1.82) is 0 Å². The number of carbonyl (C=O) groups is 1. The Labute approximate surface area is 163 Å². The highest BCUT2D eigenvalue weighted by Crippen LogP contribution is 2.44. The van der Waals surface area contributed by atoms with Gasteiger partial charge in [0.25, 0.3) is 5.60 Å². The molecule has 0 aliphatic carbocycles. The van der Waals surface area contributed by atoms with Gasteiger partial charge < -0.3 is 14.4 Å². The molecule has 9 heteroatoms. The number of esters is 1. The summed E-state index contributed by atoms with van der Waals surface area (Å²) in [6.45, 7) is 1.20. The average Bonchev–Trinajstić information content (AvgIpc) is 3.01. The molecule has 2 heterocycles. The summed E-state index contributed by atoms with van der Waals surface area (Å²) in [5, 5.41) is 10.4. The Morgan fingerprint density at radius 2 is 1.93 bits per heavy atom. The number of nitrogens with zero attached hydrogens (tertiary/aromatic N) is 2. The lowest BCUT2D eigenvalue weighted by atomic mass is 9.93. The van der Waals surface area contributed by atoms with Crippen molar-refractivity contribution in [3.8, 4) is 0 Å². The van der Waals surface area contributed by atoms with Crippen LogP contribution in [-0.4, -0.2) is 33.4 Å². The minimum absolute atomic E-state index is 0.0381. The third-order valence-corrected chi connectivity index (χ3v) is 4.59. The second-order valence-electron chi connectivity index (χ2n) is 6.08. The molecule has 0 bridgehead atoms. The molecule has 1 aromatic carbocycles. The number of rotatable bonds is 5. The summed E-state index contributed by atoms with van der Waals surface area (Å²) in [5.74, 6) is -1.80. The predicted octanol–water partition coefficient (Wildman–Crippen LogP) is 4.05. The number of hydrogen-bond donors (Lipinski definition) is 1. The molecule has 0 spiro atoms. The minimum atomic E-state index is -5.30. The number of carbonyl (C=O) groups excluding carboxylic acids is 1. The second-order valence-corrected chi connectivity index (χ2v) is 6.44. The van der Waals surface area contributed by atoms with Gasteiger partial charge in [-0.15, -0.1) is 0 Å². The van der Waals surface area contributed by atoms with Crippen LogP contribution in [0.2, 0.25) is 5.15 Å². The first-order chi connectivity index (χ1) is 13.2. The van der Waals surface area contributed by atoms with Crippen molar-refractivity contribution in [2.45, 2.75) is 25.2 Å². The predicted molar refractivity (Wildman–Crippen MR) is 96.9 cm³/mol. The smallest absolute Gasteiger partial charge is 0.432 e. The number of aliphatic hydroxyl groups is 1. The van der Waals surface area contributed by atoms with E-state index in [9.17, 15) is 23.1 Å². The van der Waals surface area contributed by atoms with Crippen molar-refractivity contribution >= 4 is 28.5 Å². The van der Waals surface area contributed by atoms with Gasteiger partial charge in [-0.25, -0.2) is 9.78 Å². The molecule has 0 fully saturated rings. The average molecular weight is 413 g/mol. The van der Waals surface area contributed by atoms with Crippen LogP contribution in [0, 0.1) is 0 Å². The summed E-state index contributed by atoms with van der Waals surface area (Å²) in [5.41, 5.74) is -3.53. The van der Waals surface area contributed by atoms with Crippen molar-refractivity contribution < 1.29 is 27.8 Å². The molecule has 0 amide bonds. The molecule has 0 saturated heterocycles. The van der Waals surface area contributed by atoms with Gasteiger partial charge in [-0.05, 0) is 18.6 Å². The van der Waals surface area contributed by atoms with Gasteiger partial charge in [-0.3, -0.25) is 0 Å². The Kier molecular flexibility index (Phi) is 5.36. The molecule has 5 nitrogen and oxygen atoms in total. The summed E-state index contributed by atoms with van der Waals surface area (Å²) in [6, 6.07) is 10.2. The van der Waals surface area contributed by atoms with Gasteiger partial charge >= 0.3 is 12.1 Å². The maximum absolute atomic E-state index is 13.8. The van der Waals surface area contributed by atoms with Crippen LogP contribution >= 0.6 is 11.6 Å². The Morgan fingerprint density at radius 3 is 2.54 bits per heavy atom. The van der Waals surface area contributed by atoms with E-state index < -0.39 is 23.3 Å². The summed E-state index contributed by atoms with van der Waals surface area (Å²) < 4.78 is 47.4. The molecule has 1 unspecified atom stereocenters. The van der Waals surface area contributed by atoms with E-state index in [1.807, 2.05) is 0 Å². The van der Waals surface area contributed by atoms with Gasteiger partial charge in [0.15, 0.2) is 5.15 Å². The summed E-state index contributed by atoms with van der Waals surface area (Å²) in [7, 11) is 0. The van der Waals surface area contributed by atoms with Crippen molar-refractivity contribution in [3.63, 3.8) is 0 Å². The van der Waals surface area contributed by atoms with Gasteiger partial charge in [-0.2, -0.15) is 13.2 Å². The van der Waals surface area contributed by atoms with E-state index in [1.165, 1.54) is 23.8 Å². The summed E-state index contributed by atoms with van der Waals surface area (Å²) in [4.78, 5) is 16.1. The Morgan fingerprint density at radius 1 is 1.25 bits per heavy atom.